The lowest BCUT2D eigenvalue weighted by Crippen LogP contribution is -2.14. The van der Waals surface area contributed by atoms with E-state index in [2.05, 4.69) is 15.3 Å². The van der Waals surface area contributed by atoms with Gasteiger partial charge in [-0.1, -0.05) is 0 Å². The van der Waals surface area contributed by atoms with E-state index >= 15 is 0 Å². The van der Waals surface area contributed by atoms with E-state index in [4.69, 9.17) is 4.74 Å². The number of H-pyrrole nitrogens is 1. The van der Waals surface area contributed by atoms with Gasteiger partial charge in [0.2, 0.25) is 5.95 Å². The van der Waals surface area contributed by atoms with Crippen LogP contribution in [0.15, 0.2) is 6.20 Å². The molecule has 0 spiro atoms. The summed E-state index contributed by atoms with van der Waals surface area (Å²) in [7, 11) is 0. The maximum Gasteiger partial charge on any atom is 0.200 e. The van der Waals surface area contributed by atoms with E-state index in [1.54, 1.807) is 0 Å². The second-order valence-electron chi connectivity index (χ2n) is 4.49. The SMILES string of the molecule is c1nc(NC2CC2)[nH]c1C1CCOCC1. The van der Waals surface area contributed by atoms with Gasteiger partial charge in [0.05, 0.1) is 6.20 Å². The van der Waals surface area contributed by atoms with Crippen molar-refractivity contribution >= 4 is 5.95 Å². The summed E-state index contributed by atoms with van der Waals surface area (Å²) >= 11 is 0. The van der Waals surface area contributed by atoms with Crippen molar-refractivity contribution in [3.05, 3.63) is 11.9 Å². The quantitative estimate of drug-likeness (QED) is 0.795. The Balaban J connectivity index is 1.65. The molecule has 1 saturated heterocycles. The standard InChI is InChI=1S/C11H17N3O/c1-2-9(1)13-11-12-7-10(14-11)8-3-5-15-6-4-8/h7-9H,1-6H2,(H2,12,13,14). The number of ether oxygens (including phenoxy) is 1. The Morgan fingerprint density at radius 3 is 2.80 bits per heavy atom. The Kier molecular flexibility index (Phi) is 2.37. The summed E-state index contributed by atoms with van der Waals surface area (Å²) in [6.45, 7) is 1.77. The number of aromatic amines is 1. The van der Waals surface area contributed by atoms with Gasteiger partial charge in [-0.25, -0.2) is 4.98 Å². The highest BCUT2D eigenvalue weighted by Gasteiger charge is 2.23. The Hall–Kier alpha value is -1.03. The van der Waals surface area contributed by atoms with Crippen molar-refractivity contribution in [3.63, 3.8) is 0 Å². The minimum Gasteiger partial charge on any atom is -0.381 e. The summed E-state index contributed by atoms with van der Waals surface area (Å²) in [5.41, 5.74) is 1.27. The average Bonchev–Trinajstić information content (AvgIpc) is 2.96. The molecule has 1 aliphatic heterocycles. The molecule has 1 aliphatic carbocycles. The van der Waals surface area contributed by atoms with Crippen LogP contribution in [0.3, 0.4) is 0 Å². The maximum atomic E-state index is 5.35. The van der Waals surface area contributed by atoms with Gasteiger partial charge < -0.3 is 15.0 Å². The number of rotatable bonds is 3. The molecule has 15 heavy (non-hydrogen) atoms. The lowest BCUT2D eigenvalue weighted by atomic mass is 9.97. The van der Waals surface area contributed by atoms with E-state index in [1.807, 2.05) is 6.20 Å². The maximum absolute atomic E-state index is 5.35. The van der Waals surface area contributed by atoms with E-state index in [9.17, 15) is 0 Å². The molecule has 0 bridgehead atoms. The fourth-order valence-corrected chi connectivity index (χ4v) is 2.05. The van der Waals surface area contributed by atoms with Gasteiger partial charge in [-0.2, -0.15) is 0 Å². The highest BCUT2D eigenvalue weighted by molar-refractivity contribution is 5.31. The van der Waals surface area contributed by atoms with Gasteiger partial charge in [0.15, 0.2) is 0 Å². The minimum atomic E-state index is 0.612. The Labute approximate surface area is 89.4 Å². The van der Waals surface area contributed by atoms with Crippen LogP contribution in [0.2, 0.25) is 0 Å². The Bertz CT molecular complexity index is 326. The molecule has 4 nitrogen and oxygen atoms in total. The highest BCUT2D eigenvalue weighted by Crippen LogP contribution is 2.27. The summed E-state index contributed by atoms with van der Waals surface area (Å²) in [6, 6.07) is 0.665. The number of hydrogen-bond acceptors (Lipinski definition) is 3. The van der Waals surface area contributed by atoms with Crippen LogP contribution in [0, 0.1) is 0 Å². The lowest BCUT2D eigenvalue weighted by molar-refractivity contribution is 0.0846. The Morgan fingerprint density at radius 1 is 1.27 bits per heavy atom. The largest absolute Gasteiger partial charge is 0.381 e. The summed E-state index contributed by atoms with van der Waals surface area (Å²) in [5, 5.41) is 3.38. The van der Waals surface area contributed by atoms with Crippen LogP contribution in [0.25, 0.3) is 0 Å². The fourth-order valence-electron chi connectivity index (χ4n) is 2.05. The molecule has 2 fully saturated rings. The van der Waals surface area contributed by atoms with Gasteiger partial charge >= 0.3 is 0 Å². The van der Waals surface area contributed by atoms with E-state index in [1.165, 1.54) is 18.5 Å². The molecule has 0 aromatic carbocycles. The predicted octanol–water partition coefficient (Wildman–Crippen LogP) is 1.88. The second kappa shape index (κ2) is 3.85. The van der Waals surface area contributed by atoms with E-state index in [0.29, 0.717) is 12.0 Å². The van der Waals surface area contributed by atoms with Crippen LogP contribution in [0.1, 0.15) is 37.3 Å². The molecule has 1 saturated carbocycles. The van der Waals surface area contributed by atoms with E-state index < -0.39 is 0 Å². The first-order valence-electron chi connectivity index (χ1n) is 5.81. The molecule has 1 aromatic rings. The second-order valence-corrected chi connectivity index (χ2v) is 4.49. The molecule has 4 heteroatoms. The van der Waals surface area contributed by atoms with Crippen LogP contribution in [0.5, 0.6) is 0 Å². The van der Waals surface area contributed by atoms with Crippen molar-refractivity contribution in [1.29, 1.82) is 0 Å². The van der Waals surface area contributed by atoms with Crippen LogP contribution in [-0.2, 0) is 4.74 Å². The predicted molar refractivity (Wildman–Crippen MR) is 58.0 cm³/mol. The molecule has 2 aliphatic rings. The number of aromatic nitrogens is 2. The van der Waals surface area contributed by atoms with Gasteiger partial charge in [0.25, 0.3) is 0 Å². The van der Waals surface area contributed by atoms with Gasteiger partial charge in [-0.3, -0.25) is 0 Å². The van der Waals surface area contributed by atoms with Crippen LogP contribution >= 0.6 is 0 Å². The molecule has 82 valence electrons. The molecular weight excluding hydrogens is 190 g/mol. The minimum absolute atomic E-state index is 0.612. The van der Waals surface area contributed by atoms with Crippen molar-refractivity contribution < 1.29 is 4.74 Å². The highest BCUT2D eigenvalue weighted by atomic mass is 16.5. The lowest BCUT2D eigenvalue weighted by Gasteiger charge is -2.20. The smallest absolute Gasteiger partial charge is 0.200 e. The van der Waals surface area contributed by atoms with Crippen LogP contribution in [-0.4, -0.2) is 29.2 Å². The van der Waals surface area contributed by atoms with Crippen LogP contribution in [0.4, 0.5) is 5.95 Å². The van der Waals surface area contributed by atoms with E-state index in [-0.39, 0.29) is 0 Å². The van der Waals surface area contributed by atoms with Crippen molar-refractivity contribution in [2.45, 2.75) is 37.6 Å². The number of hydrogen-bond donors (Lipinski definition) is 2. The number of nitrogens with one attached hydrogen (secondary N) is 2. The van der Waals surface area contributed by atoms with Crippen molar-refractivity contribution in [1.82, 2.24) is 9.97 Å². The molecule has 1 aromatic heterocycles. The topological polar surface area (TPSA) is 49.9 Å². The summed E-state index contributed by atoms with van der Waals surface area (Å²) < 4.78 is 5.35. The Morgan fingerprint density at radius 2 is 2.07 bits per heavy atom. The zero-order valence-electron chi connectivity index (χ0n) is 8.83. The van der Waals surface area contributed by atoms with Crippen molar-refractivity contribution in [2.75, 3.05) is 18.5 Å². The number of nitrogens with zero attached hydrogens (tertiary/aromatic N) is 1. The molecule has 2 heterocycles. The summed E-state index contributed by atoms with van der Waals surface area (Å²) in [4.78, 5) is 7.74. The summed E-state index contributed by atoms with van der Waals surface area (Å²) in [6.07, 6.45) is 6.78. The fraction of sp³-hybridized carbons (Fsp3) is 0.727. The van der Waals surface area contributed by atoms with Gasteiger partial charge in [0.1, 0.15) is 0 Å². The van der Waals surface area contributed by atoms with Crippen LogP contribution < -0.4 is 5.32 Å². The molecule has 2 N–H and O–H groups in total. The van der Waals surface area contributed by atoms with Gasteiger partial charge in [-0.15, -0.1) is 0 Å². The molecular formula is C11H17N3O. The van der Waals surface area contributed by atoms with Gasteiger partial charge in [0, 0.05) is 30.9 Å². The molecule has 0 atom stereocenters. The molecule has 3 rings (SSSR count). The third-order valence-electron chi connectivity index (χ3n) is 3.17. The molecule has 0 radical (unpaired) electrons. The third-order valence-corrected chi connectivity index (χ3v) is 3.17. The van der Waals surface area contributed by atoms with Crippen molar-refractivity contribution in [3.8, 4) is 0 Å². The third kappa shape index (κ3) is 2.15. The normalized spacial score (nSPS) is 22.9. The van der Waals surface area contributed by atoms with Crippen molar-refractivity contribution in [2.24, 2.45) is 0 Å². The van der Waals surface area contributed by atoms with E-state index in [0.717, 1.165) is 32.0 Å². The van der Waals surface area contributed by atoms with Gasteiger partial charge in [-0.05, 0) is 25.7 Å². The zero-order chi connectivity index (χ0) is 10.1. The average molecular weight is 207 g/mol. The first kappa shape index (κ1) is 9.21. The monoisotopic (exact) mass is 207 g/mol. The first-order valence-corrected chi connectivity index (χ1v) is 5.81. The molecule has 0 unspecified atom stereocenters. The summed E-state index contributed by atoms with van der Waals surface area (Å²) in [5.74, 6) is 1.56. The zero-order valence-corrected chi connectivity index (χ0v) is 8.83. The number of imidazole rings is 1. The first-order chi connectivity index (χ1) is 7.42. The number of anilines is 1. The molecule has 0 amide bonds.